The third-order valence-electron chi connectivity index (χ3n) is 4.75. The van der Waals surface area contributed by atoms with Gasteiger partial charge in [-0.25, -0.2) is 0 Å². The van der Waals surface area contributed by atoms with Crippen LogP contribution in [0.5, 0.6) is 0 Å². The van der Waals surface area contributed by atoms with Crippen molar-refractivity contribution in [3.05, 3.63) is 53.2 Å². The first-order chi connectivity index (χ1) is 13.8. The third kappa shape index (κ3) is 3.90. The second-order valence-corrected chi connectivity index (χ2v) is 7.01. The summed E-state index contributed by atoms with van der Waals surface area (Å²) in [5, 5.41) is 8.36. The topological polar surface area (TPSA) is 69.9 Å². The number of benzene rings is 1. The second-order valence-electron chi connectivity index (χ2n) is 7.01. The van der Waals surface area contributed by atoms with Gasteiger partial charge < -0.3 is 13.6 Å². The Bertz CT molecular complexity index is 1140. The molecule has 0 spiro atoms. The summed E-state index contributed by atoms with van der Waals surface area (Å²) in [7, 11) is 0. The molecule has 4 rings (SSSR count). The van der Waals surface area contributed by atoms with Crippen LogP contribution in [0.1, 0.15) is 35.7 Å². The summed E-state index contributed by atoms with van der Waals surface area (Å²) >= 11 is 0. The number of rotatable bonds is 6. The van der Waals surface area contributed by atoms with Crippen LogP contribution >= 0.6 is 0 Å². The van der Waals surface area contributed by atoms with E-state index in [1.165, 1.54) is 0 Å². The highest BCUT2D eigenvalue weighted by molar-refractivity contribution is 5.88. The van der Waals surface area contributed by atoms with Crippen molar-refractivity contribution in [3.63, 3.8) is 0 Å². The predicted molar refractivity (Wildman–Crippen MR) is 99.1 cm³/mol. The van der Waals surface area contributed by atoms with Gasteiger partial charge in [-0.1, -0.05) is 28.5 Å². The number of aryl methyl sites for hydroxylation is 4. The standard InChI is InChI=1S/C20H19F3N4O2/c1-12-6-5-7-14-11-16(18-24-19(29-26-18)20(21,22)23)27(17(12)14)9-4-3-8-15-10-13(2)25-28-15/h5-7,10-11H,3-4,8-9H2,1-2H3. The predicted octanol–water partition coefficient (Wildman–Crippen LogP) is 5.34. The van der Waals surface area contributed by atoms with E-state index in [1.807, 2.05) is 42.7 Å². The molecule has 0 atom stereocenters. The van der Waals surface area contributed by atoms with Gasteiger partial charge in [-0.2, -0.15) is 18.2 Å². The lowest BCUT2D eigenvalue weighted by atomic mass is 10.1. The molecule has 0 radical (unpaired) electrons. The summed E-state index contributed by atoms with van der Waals surface area (Å²) < 4.78 is 50.3. The Hall–Kier alpha value is -3.10. The fourth-order valence-electron chi connectivity index (χ4n) is 3.48. The van der Waals surface area contributed by atoms with E-state index in [0.29, 0.717) is 12.2 Å². The number of fused-ring (bicyclic) bond motifs is 1. The van der Waals surface area contributed by atoms with Crippen molar-refractivity contribution in [1.82, 2.24) is 19.9 Å². The lowest BCUT2D eigenvalue weighted by Gasteiger charge is -2.10. The maximum absolute atomic E-state index is 12.9. The monoisotopic (exact) mass is 404 g/mol. The highest BCUT2D eigenvalue weighted by Gasteiger charge is 2.38. The number of hydrogen-bond donors (Lipinski definition) is 0. The molecule has 0 fully saturated rings. The molecule has 4 aromatic rings. The highest BCUT2D eigenvalue weighted by atomic mass is 19.4. The zero-order valence-corrected chi connectivity index (χ0v) is 16.0. The number of para-hydroxylation sites is 1. The molecule has 0 unspecified atom stereocenters. The summed E-state index contributed by atoms with van der Waals surface area (Å²) in [5.41, 5.74) is 3.33. The molecular weight excluding hydrogens is 385 g/mol. The molecule has 3 heterocycles. The van der Waals surface area contributed by atoms with E-state index in [0.717, 1.165) is 47.2 Å². The average Bonchev–Trinajstić information content (AvgIpc) is 3.36. The smallest absolute Gasteiger partial charge is 0.361 e. The molecule has 0 amide bonds. The molecule has 152 valence electrons. The Morgan fingerprint density at radius 3 is 2.55 bits per heavy atom. The Kier molecular flexibility index (Phi) is 4.89. The minimum absolute atomic E-state index is 0.0706. The van der Waals surface area contributed by atoms with Gasteiger partial charge in [0.25, 0.3) is 0 Å². The van der Waals surface area contributed by atoms with Crippen molar-refractivity contribution in [2.24, 2.45) is 0 Å². The number of hydrogen-bond acceptors (Lipinski definition) is 5. The fraction of sp³-hybridized carbons (Fsp3) is 0.350. The number of alkyl halides is 3. The molecule has 29 heavy (non-hydrogen) atoms. The van der Waals surface area contributed by atoms with Gasteiger partial charge in [0, 0.05) is 24.4 Å². The van der Waals surface area contributed by atoms with Gasteiger partial charge in [-0.05, 0) is 38.3 Å². The van der Waals surface area contributed by atoms with Crippen molar-refractivity contribution in [1.29, 1.82) is 0 Å². The Labute approximate surface area is 164 Å². The van der Waals surface area contributed by atoms with Crippen molar-refractivity contribution < 1.29 is 22.2 Å². The van der Waals surface area contributed by atoms with Crippen LogP contribution in [0.4, 0.5) is 13.2 Å². The molecule has 0 saturated heterocycles. The number of nitrogens with zero attached hydrogens (tertiary/aromatic N) is 4. The molecular formula is C20H19F3N4O2. The lowest BCUT2D eigenvalue weighted by Crippen LogP contribution is -2.06. The Balaban J connectivity index is 1.62. The van der Waals surface area contributed by atoms with Crippen molar-refractivity contribution >= 4 is 10.9 Å². The molecule has 0 aliphatic rings. The fourth-order valence-corrected chi connectivity index (χ4v) is 3.48. The average molecular weight is 404 g/mol. The van der Waals surface area contributed by atoms with Crippen molar-refractivity contribution in [3.8, 4) is 11.5 Å². The molecule has 0 aliphatic carbocycles. The van der Waals surface area contributed by atoms with Gasteiger partial charge >= 0.3 is 12.1 Å². The van der Waals surface area contributed by atoms with Gasteiger partial charge in [0.05, 0.1) is 16.9 Å². The van der Waals surface area contributed by atoms with Gasteiger partial charge in [-0.15, -0.1) is 0 Å². The summed E-state index contributed by atoms with van der Waals surface area (Å²) in [6.45, 7) is 4.44. The summed E-state index contributed by atoms with van der Waals surface area (Å²) in [6.07, 6.45) is -2.28. The van der Waals surface area contributed by atoms with Crippen LogP contribution in [-0.4, -0.2) is 19.9 Å². The van der Waals surface area contributed by atoms with Gasteiger partial charge in [0.2, 0.25) is 5.82 Å². The lowest BCUT2D eigenvalue weighted by molar-refractivity contribution is -0.159. The first-order valence-electron chi connectivity index (χ1n) is 9.25. The van der Waals surface area contributed by atoms with E-state index in [4.69, 9.17) is 4.52 Å². The number of aromatic nitrogens is 4. The van der Waals surface area contributed by atoms with E-state index in [2.05, 4.69) is 19.8 Å². The zero-order chi connectivity index (χ0) is 20.6. The largest absolute Gasteiger partial charge is 0.471 e. The van der Waals surface area contributed by atoms with E-state index >= 15 is 0 Å². The summed E-state index contributed by atoms with van der Waals surface area (Å²) in [5.74, 6) is -0.593. The van der Waals surface area contributed by atoms with Crippen LogP contribution in [0.2, 0.25) is 0 Å². The van der Waals surface area contributed by atoms with Gasteiger partial charge in [0.1, 0.15) is 5.76 Å². The molecule has 1 aromatic carbocycles. The number of unbranched alkanes of at least 4 members (excludes halogenated alkanes) is 1. The molecule has 6 nitrogen and oxygen atoms in total. The van der Waals surface area contributed by atoms with Crippen LogP contribution < -0.4 is 0 Å². The SMILES string of the molecule is Cc1cc(CCCCn2c(-c3noc(C(F)(F)F)n3)cc3cccc(C)c32)on1. The van der Waals surface area contributed by atoms with Crippen LogP contribution in [0.25, 0.3) is 22.4 Å². The Morgan fingerprint density at radius 2 is 1.86 bits per heavy atom. The molecule has 3 aromatic heterocycles. The summed E-state index contributed by atoms with van der Waals surface area (Å²) in [4.78, 5) is 3.57. The maximum atomic E-state index is 12.9. The van der Waals surface area contributed by atoms with E-state index < -0.39 is 12.1 Å². The first kappa shape index (κ1) is 19.2. The summed E-state index contributed by atoms with van der Waals surface area (Å²) in [6, 6.07) is 9.50. The van der Waals surface area contributed by atoms with E-state index in [9.17, 15) is 13.2 Å². The van der Waals surface area contributed by atoms with E-state index in [-0.39, 0.29) is 5.82 Å². The quantitative estimate of drug-likeness (QED) is 0.406. The minimum atomic E-state index is -4.67. The molecule has 0 N–H and O–H groups in total. The highest BCUT2D eigenvalue weighted by Crippen LogP contribution is 2.32. The first-order valence-corrected chi connectivity index (χ1v) is 9.25. The number of halogens is 3. The van der Waals surface area contributed by atoms with Crippen LogP contribution in [0.3, 0.4) is 0 Å². The maximum Gasteiger partial charge on any atom is 0.471 e. The van der Waals surface area contributed by atoms with Crippen LogP contribution in [-0.2, 0) is 19.1 Å². The second kappa shape index (κ2) is 7.38. The Morgan fingerprint density at radius 1 is 1.03 bits per heavy atom. The zero-order valence-electron chi connectivity index (χ0n) is 16.0. The normalized spacial score (nSPS) is 12.2. The van der Waals surface area contributed by atoms with Crippen molar-refractivity contribution in [2.45, 2.75) is 45.8 Å². The molecule has 0 saturated carbocycles. The van der Waals surface area contributed by atoms with Gasteiger partial charge in [0.15, 0.2) is 0 Å². The minimum Gasteiger partial charge on any atom is -0.361 e. The van der Waals surface area contributed by atoms with Crippen LogP contribution in [0.15, 0.2) is 39.4 Å². The van der Waals surface area contributed by atoms with Crippen molar-refractivity contribution in [2.75, 3.05) is 0 Å². The molecule has 9 heteroatoms. The molecule has 0 bridgehead atoms. The van der Waals surface area contributed by atoms with Crippen LogP contribution in [0, 0.1) is 13.8 Å². The third-order valence-corrected chi connectivity index (χ3v) is 4.75. The van der Waals surface area contributed by atoms with E-state index in [1.54, 1.807) is 6.07 Å². The van der Waals surface area contributed by atoms with Gasteiger partial charge in [-0.3, -0.25) is 0 Å². The molecule has 0 aliphatic heterocycles.